The molecule has 0 bridgehead atoms. The molecule has 1 N–H and O–H groups in total. The van der Waals surface area contributed by atoms with Gasteiger partial charge in [0.2, 0.25) is 0 Å². The van der Waals surface area contributed by atoms with Gasteiger partial charge in [-0.15, -0.1) is 0 Å². The topological polar surface area (TPSA) is 55.1 Å². The van der Waals surface area contributed by atoms with E-state index in [1.165, 1.54) is 6.07 Å². The van der Waals surface area contributed by atoms with Gasteiger partial charge in [-0.25, -0.2) is 4.98 Å². The van der Waals surface area contributed by atoms with Crippen molar-refractivity contribution in [2.45, 2.75) is 26.0 Å². The van der Waals surface area contributed by atoms with E-state index in [1.807, 2.05) is 37.3 Å². The van der Waals surface area contributed by atoms with Crippen LogP contribution >= 0.6 is 0 Å². The van der Waals surface area contributed by atoms with Crippen LogP contribution in [-0.2, 0) is 6.54 Å². The molecule has 0 fully saturated rings. The van der Waals surface area contributed by atoms with Gasteiger partial charge in [0.05, 0.1) is 29.6 Å². The van der Waals surface area contributed by atoms with Gasteiger partial charge in [0.1, 0.15) is 0 Å². The Kier molecular flexibility index (Phi) is 2.87. The van der Waals surface area contributed by atoms with Crippen molar-refractivity contribution < 1.29 is 5.11 Å². The lowest BCUT2D eigenvalue weighted by atomic mass is 10.1. The van der Waals surface area contributed by atoms with Crippen molar-refractivity contribution >= 4 is 10.9 Å². The summed E-state index contributed by atoms with van der Waals surface area (Å²) in [6.45, 7) is 2.44. The maximum absolute atomic E-state index is 12.3. The van der Waals surface area contributed by atoms with Crippen LogP contribution in [0.5, 0.6) is 0 Å². The monoisotopic (exact) mass is 292 g/mol. The lowest BCUT2D eigenvalue weighted by molar-refractivity contribution is 0.173. The normalized spacial score (nSPS) is 13.9. The number of aliphatic hydroxyl groups excluding tert-OH is 1. The van der Waals surface area contributed by atoms with Crippen LogP contribution in [0.25, 0.3) is 22.3 Å². The van der Waals surface area contributed by atoms with Crippen molar-refractivity contribution in [1.82, 2.24) is 9.55 Å². The maximum Gasteiger partial charge on any atom is 0.251 e. The van der Waals surface area contributed by atoms with E-state index >= 15 is 0 Å². The second kappa shape index (κ2) is 4.78. The number of hydrogen-bond acceptors (Lipinski definition) is 3. The molecule has 0 saturated carbocycles. The summed E-state index contributed by atoms with van der Waals surface area (Å²) in [7, 11) is 0. The van der Waals surface area contributed by atoms with Crippen molar-refractivity contribution in [1.29, 1.82) is 0 Å². The highest BCUT2D eigenvalue weighted by Gasteiger charge is 2.23. The number of aliphatic hydroxyl groups is 1. The molecule has 1 aliphatic rings. The molecular weight excluding hydrogens is 276 g/mol. The van der Waals surface area contributed by atoms with Crippen LogP contribution in [0.2, 0.25) is 0 Å². The van der Waals surface area contributed by atoms with Crippen LogP contribution in [0.1, 0.15) is 30.6 Å². The third-order valence-electron chi connectivity index (χ3n) is 4.30. The van der Waals surface area contributed by atoms with Gasteiger partial charge in [-0.3, -0.25) is 4.79 Å². The number of para-hydroxylation sites is 1. The zero-order chi connectivity index (χ0) is 15.3. The van der Waals surface area contributed by atoms with Crippen molar-refractivity contribution in [3.63, 3.8) is 0 Å². The molecule has 4 heteroatoms. The molecule has 4 rings (SSSR count). The molecule has 0 radical (unpaired) electrons. The predicted octanol–water partition coefficient (Wildman–Crippen LogP) is 2.87. The average Bonchev–Trinajstić information content (AvgIpc) is 2.90. The minimum Gasteiger partial charge on any atom is -0.388 e. The van der Waals surface area contributed by atoms with Crippen LogP contribution in [0.4, 0.5) is 0 Å². The van der Waals surface area contributed by atoms with Crippen molar-refractivity contribution in [2.75, 3.05) is 0 Å². The van der Waals surface area contributed by atoms with E-state index in [2.05, 4.69) is 6.07 Å². The smallest absolute Gasteiger partial charge is 0.251 e. The fourth-order valence-electron chi connectivity index (χ4n) is 3.08. The molecule has 4 nitrogen and oxygen atoms in total. The van der Waals surface area contributed by atoms with Gasteiger partial charge < -0.3 is 9.67 Å². The zero-order valence-electron chi connectivity index (χ0n) is 12.3. The minimum absolute atomic E-state index is 0.0814. The molecule has 0 amide bonds. The summed E-state index contributed by atoms with van der Waals surface area (Å²) in [5, 5.41) is 11.1. The van der Waals surface area contributed by atoms with Crippen LogP contribution in [0.15, 0.2) is 47.3 Å². The predicted molar refractivity (Wildman–Crippen MR) is 85.8 cm³/mol. The van der Waals surface area contributed by atoms with E-state index in [-0.39, 0.29) is 5.56 Å². The Balaban J connectivity index is 1.97. The van der Waals surface area contributed by atoms with Crippen LogP contribution in [0, 0.1) is 0 Å². The molecule has 0 spiro atoms. The van der Waals surface area contributed by atoms with Crippen LogP contribution < -0.4 is 5.56 Å². The van der Waals surface area contributed by atoms with E-state index in [4.69, 9.17) is 4.98 Å². The van der Waals surface area contributed by atoms with Crippen LogP contribution in [0.3, 0.4) is 0 Å². The Bertz CT molecular complexity index is 943. The fourth-order valence-corrected chi connectivity index (χ4v) is 3.08. The molecule has 1 aliphatic heterocycles. The van der Waals surface area contributed by atoms with Gasteiger partial charge >= 0.3 is 0 Å². The summed E-state index contributed by atoms with van der Waals surface area (Å²) in [6.07, 6.45) is -0.0240. The number of pyridine rings is 2. The molecule has 3 aromatic rings. The van der Waals surface area contributed by atoms with Crippen molar-refractivity contribution in [3.05, 3.63) is 63.9 Å². The number of rotatable bonds is 2. The first kappa shape index (κ1) is 13.2. The first-order valence-corrected chi connectivity index (χ1v) is 7.49. The van der Waals surface area contributed by atoms with Crippen molar-refractivity contribution in [3.8, 4) is 11.4 Å². The van der Waals surface area contributed by atoms with Gasteiger partial charge in [0.15, 0.2) is 0 Å². The number of fused-ring (bicyclic) bond motifs is 4. The highest BCUT2D eigenvalue weighted by atomic mass is 16.3. The van der Waals surface area contributed by atoms with Gasteiger partial charge in [0, 0.05) is 17.0 Å². The highest BCUT2D eigenvalue weighted by Crippen LogP contribution is 2.32. The molecule has 1 atom stereocenters. The number of nitrogens with zero attached hydrogens (tertiary/aromatic N) is 2. The molecule has 0 saturated heterocycles. The van der Waals surface area contributed by atoms with E-state index in [1.54, 1.807) is 4.57 Å². The lowest BCUT2D eigenvalue weighted by Gasteiger charge is -2.10. The third kappa shape index (κ3) is 1.88. The minimum atomic E-state index is -0.608. The summed E-state index contributed by atoms with van der Waals surface area (Å²) in [6, 6.07) is 13.5. The van der Waals surface area contributed by atoms with Gasteiger partial charge in [-0.05, 0) is 30.2 Å². The Morgan fingerprint density at radius 1 is 1.27 bits per heavy atom. The summed E-state index contributed by atoms with van der Waals surface area (Å²) in [5.74, 6) is 0. The molecular formula is C18H16N2O2. The molecule has 3 heterocycles. The second-order valence-electron chi connectivity index (χ2n) is 5.71. The van der Waals surface area contributed by atoms with E-state index < -0.39 is 6.10 Å². The average molecular weight is 292 g/mol. The number of aromatic nitrogens is 2. The third-order valence-corrected chi connectivity index (χ3v) is 4.30. The van der Waals surface area contributed by atoms with E-state index in [9.17, 15) is 9.90 Å². The maximum atomic E-state index is 12.3. The summed E-state index contributed by atoms with van der Waals surface area (Å²) < 4.78 is 1.72. The Labute approximate surface area is 127 Å². The molecule has 1 unspecified atom stereocenters. The second-order valence-corrected chi connectivity index (χ2v) is 5.71. The SMILES string of the molecule is CCC(O)c1cc2n(c(=O)c1)Cc1cc3ccccc3nc1-2. The molecule has 1 aromatic carbocycles. The molecule has 22 heavy (non-hydrogen) atoms. The van der Waals surface area contributed by atoms with E-state index in [0.29, 0.717) is 18.5 Å². The summed E-state index contributed by atoms with van der Waals surface area (Å²) in [4.78, 5) is 17.1. The number of hydrogen-bond donors (Lipinski definition) is 1. The number of benzene rings is 1. The largest absolute Gasteiger partial charge is 0.388 e. The van der Waals surface area contributed by atoms with Crippen molar-refractivity contribution in [2.24, 2.45) is 0 Å². The quantitative estimate of drug-likeness (QED) is 0.618. The Morgan fingerprint density at radius 2 is 2.09 bits per heavy atom. The Hall–Kier alpha value is -2.46. The van der Waals surface area contributed by atoms with Gasteiger partial charge in [0.25, 0.3) is 5.56 Å². The molecule has 110 valence electrons. The molecule has 2 aromatic heterocycles. The zero-order valence-corrected chi connectivity index (χ0v) is 12.3. The van der Waals surface area contributed by atoms with E-state index in [0.717, 1.165) is 27.9 Å². The van der Waals surface area contributed by atoms with Gasteiger partial charge in [-0.1, -0.05) is 25.1 Å². The summed E-state index contributed by atoms with van der Waals surface area (Å²) >= 11 is 0. The van der Waals surface area contributed by atoms with Gasteiger partial charge in [-0.2, -0.15) is 0 Å². The Morgan fingerprint density at radius 3 is 2.91 bits per heavy atom. The van der Waals surface area contributed by atoms with Crippen LogP contribution in [-0.4, -0.2) is 14.7 Å². The fraction of sp³-hybridized carbons (Fsp3) is 0.222. The first-order chi connectivity index (χ1) is 10.7. The standard InChI is InChI=1S/C18H16N2O2/c1-2-16(21)12-8-15-18-13(10-20(15)17(22)9-12)7-11-5-3-4-6-14(11)19-18/h3-9,16,21H,2,10H2,1H3. The molecule has 0 aliphatic carbocycles. The summed E-state index contributed by atoms with van der Waals surface area (Å²) in [5.41, 5.74) is 4.21. The first-order valence-electron chi connectivity index (χ1n) is 7.49. The lowest BCUT2D eigenvalue weighted by Crippen LogP contribution is -2.19. The highest BCUT2D eigenvalue weighted by molar-refractivity contribution is 5.83.